The predicted octanol–water partition coefficient (Wildman–Crippen LogP) is 2.01. The van der Waals surface area contributed by atoms with Gasteiger partial charge in [0.05, 0.1) is 16.6 Å². The number of hydrogen-bond acceptors (Lipinski definition) is 5. The minimum Gasteiger partial charge on any atom is -0.396 e. The van der Waals surface area contributed by atoms with Crippen molar-refractivity contribution in [3.05, 3.63) is 30.3 Å². The summed E-state index contributed by atoms with van der Waals surface area (Å²) in [6.07, 6.45) is 1.96. The van der Waals surface area contributed by atoms with Gasteiger partial charge in [0.1, 0.15) is 6.04 Å². The normalized spacial score (nSPS) is 31.6. The fourth-order valence-electron chi connectivity index (χ4n) is 5.42. The first-order chi connectivity index (χ1) is 14.7. The van der Waals surface area contributed by atoms with Crippen LogP contribution in [0.5, 0.6) is 0 Å². The van der Waals surface area contributed by atoms with Crippen LogP contribution in [0.15, 0.2) is 30.3 Å². The lowest BCUT2D eigenvalue weighted by Gasteiger charge is -2.36. The third kappa shape index (κ3) is 3.84. The van der Waals surface area contributed by atoms with Crippen LogP contribution in [-0.4, -0.2) is 62.5 Å². The summed E-state index contributed by atoms with van der Waals surface area (Å²) < 4.78 is -0.592. The third-order valence-corrected chi connectivity index (χ3v) is 8.40. The number of aliphatic hydroxyl groups excluding tert-OH is 1. The SMILES string of the molecule is CC(C)(C)NC(=O)C1N(CCCO)C(=O)[C@@H]2[C@@H](C(=O)Nc3ccccc3)[C@H]3CCC12S3. The number of anilines is 1. The molecule has 0 radical (unpaired) electrons. The van der Waals surface area contributed by atoms with E-state index in [1.54, 1.807) is 16.7 Å². The fourth-order valence-corrected chi connectivity index (χ4v) is 7.64. The van der Waals surface area contributed by atoms with E-state index in [1.165, 1.54) is 0 Å². The van der Waals surface area contributed by atoms with Crippen molar-refractivity contribution in [3.8, 4) is 0 Å². The van der Waals surface area contributed by atoms with Gasteiger partial charge in [0.25, 0.3) is 0 Å². The second-order valence-electron chi connectivity index (χ2n) is 9.76. The van der Waals surface area contributed by atoms with Gasteiger partial charge in [-0.25, -0.2) is 0 Å². The Hall–Kier alpha value is -2.06. The van der Waals surface area contributed by atoms with Gasteiger partial charge in [0.15, 0.2) is 0 Å². The number of fused-ring (bicyclic) bond motifs is 1. The molecule has 2 bridgehead atoms. The van der Waals surface area contributed by atoms with Gasteiger partial charge in [-0.05, 0) is 52.2 Å². The van der Waals surface area contributed by atoms with Gasteiger partial charge in [-0.2, -0.15) is 0 Å². The molecule has 3 aliphatic rings. The van der Waals surface area contributed by atoms with E-state index in [0.717, 1.165) is 12.8 Å². The molecule has 3 aliphatic heterocycles. The maximum absolute atomic E-state index is 13.6. The standard InChI is InChI=1S/C23H31N3O4S/c1-22(2,3)25-20(29)18-23-11-10-15(31-23)16(17(23)21(30)26(18)12-7-13-27)19(28)24-14-8-5-4-6-9-14/h4-6,8-9,15-18,27H,7,10-13H2,1-3H3,(H,24,28)(H,25,29)/t15-,16+,17+,18?,23?/m1/s1. The van der Waals surface area contributed by atoms with E-state index < -0.39 is 28.2 Å². The lowest BCUT2D eigenvalue weighted by Crippen LogP contribution is -2.57. The van der Waals surface area contributed by atoms with E-state index >= 15 is 0 Å². The largest absolute Gasteiger partial charge is 0.396 e. The zero-order chi connectivity index (χ0) is 22.4. The minimum atomic E-state index is -0.625. The Morgan fingerprint density at radius 3 is 2.58 bits per heavy atom. The van der Waals surface area contributed by atoms with Gasteiger partial charge < -0.3 is 20.6 Å². The number of aliphatic hydroxyl groups is 1. The number of thioether (sulfide) groups is 1. The lowest BCUT2D eigenvalue weighted by molar-refractivity contribution is -0.139. The number of nitrogens with one attached hydrogen (secondary N) is 2. The van der Waals surface area contributed by atoms with Crippen molar-refractivity contribution in [3.63, 3.8) is 0 Å². The highest BCUT2D eigenvalue weighted by atomic mass is 32.2. The first-order valence-electron chi connectivity index (χ1n) is 10.9. The molecule has 3 heterocycles. The van der Waals surface area contributed by atoms with Crippen LogP contribution >= 0.6 is 11.8 Å². The summed E-state index contributed by atoms with van der Waals surface area (Å²) >= 11 is 1.65. The molecular weight excluding hydrogens is 414 g/mol. The molecule has 1 aromatic rings. The average molecular weight is 446 g/mol. The van der Waals surface area contributed by atoms with Crippen molar-refractivity contribution < 1.29 is 19.5 Å². The summed E-state index contributed by atoms with van der Waals surface area (Å²) in [5, 5.41) is 15.4. The van der Waals surface area contributed by atoms with Crippen LogP contribution in [0.4, 0.5) is 5.69 Å². The number of para-hydroxylation sites is 1. The second-order valence-corrected chi connectivity index (χ2v) is 11.4. The molecule has 0 aliphatic carbocycles. The summed E-state index contributed by atoms with van der Waals surface area (Å²) in [4.78, 5) is 41.9. The van der Waals surface area contributed by atoms with Gasteiger partial charge in [-0.3, -0.25) is 14.4 Å². The van der Waals surface area contributed by atoms with E-state index in [-0.39, 0.29) is 29.6 Å². The number of hydrogen-bond donors (Lipinski definition) is 3. The summed E-state index contributed by atoms with van der Waals surface area (Å²) in [5.41, 5.74) is 0.280. The zero-order valence-electron chi connectivity index (χ0n) is 18.3. The van der Waals surface area contributed by atoms with Gasteiger partial charge >= 0.3 is 0 Å². The minimum absolute atomic E-state index is 0.0302. The van der Waals surface area contributed by atoms with Crippen LogP contribution in [0.3, 0.4) is 0 Å². The summed E-state index contributed by atoms with van der Waals surface area (Å²) in [7, 11) is 0. The molecule has 168 valence electrons. The first-order valence-corrected chi connectivity index (χ1v) is 11.8. The Morgan fingerprint density at radius 2 is 1.94 bits per heavy atom. The molecule has 8 heteroatoms. The fraction of sp³-hybridized carbons (Fsp3) is 0.609. The Labute approximate surface area is 187 Å². The quantitative estimate of drug-likeness (QED) is 0.622. The molecule has 3 N–H and O–H groups in total. The van der Waals surface area contributed by atoms with E-state index in [9.17, 15) is 19.5 Å². The topological polar surface area (TPSA) is 98.7 Å². The zero-order valence-corrected chi connectivity index (χ0v) is 19.1. The monoisotopic (exact) mass is 445 g/mol. The van der Waals surface area contributed by atoms with E-state index in [0.29, 0.717) is 18.7 Å². The summed E-state index contributed by atoms with van der Waals surface area (Å²) in [6, 6.07) is 8.64. The molecule has 1 spiro atoms. The number of likely N-dealkylation sites (tertiary alicyclic amines) is 1. The number of benzene rings is 1. The highest BCUT2D eigenvalue weighted by Gasteiger charge is 2.73. The smallest absolute Gasteiger partial charge is 0.244 e. The van der Waals surface area contributed by atoms with E-state index in [1.807, 2.05) is 51.1 Å². The molecule has 31 heavy (non-hydrogen) atoms. The Balaban J connectivity index is 1.66. The van der Waals surface area contributed by atoms with Crippen LogP contribution in [0.25, 0.3) is 0 Å². The molecule has 7 nitrogen and oxygen atoms in total. The number of rotatable bonds is 6. The molecular formula is C23H31N3O4S. The molecule has 5 atom stereocenters. The lowest BCUT2D eigenvalue weighted by atomic mass is 9.70. The molecule has 2 unspecified atom stereocenters. The van der Waals surface area contributed by atoms with Gasteiger partial charge in [-0.15, -0.1) is 11.8 Å². The van der Waals surface area contributed by atoms with Gasteiger partial charge in [0, 0.05) is 29.6 Å². The van der Waals surface area contributed by atoms with Gasteiger partial charge in [-0.1, -0.05) is 18.2 Å². The van der Waals surface area contributed by atoms with Crippen LogP contribution in [0, 0.1) is 11.8 Å². The molecule has 3 amide bonds. The molecule has 1 aromatic carbocycles. The van der Waals surface area contributed by atoms with Crippen molar-refractivity contribution in [2.45, 2.75) is 61.6 Å². The highest BCUT2D eigenvalue weighted by Crippen LogP contribution is 2.66. The number of carbonyl (C=O) groups is 3. The van der Waals surface area contributed by atoms with Crippen molar-refractivity contribution >= 4 is 35.2 Å². The van der Waals surface area contributed by atoms with Crippen LogP contribution in [0.1, 0.15) is 40.0 Å². The third-order valence-electron chi connectivity index (χ3n) is 6.45. The Kier molecular flexibility index (Phi) is 5.81. The summed E-state index contributed by atoms with van der Waals surface area (Å²) in [5.74, 6) is -1.43. The Morgan fingerprint density at radius 1 is 1.23 bits per heavy atom. The molecule has 0 saturated carbocycles. The van der Waals surface area contributed by atoms with E-state index in [2.05, 4.69) is 10.6 Å². The predicted molar refractivity (Wildman–Crippen MR) is 120 cm³/mol. The maximum Gasteiger partial charge on any atom is 0.244 e. The maximum atomic E-state index is 13.6. The van der Waals surface area contributed by atoms with Crippen molar-refractivity contribution in [2.24, 2.45) is 11.8 Å². The number of carbonyl (C=O) groups excluding carboxylic acids is 3. The van der Waals surface area contributed by atoms with Crippen LogP contribution in [-0.2, 0) is 14.4 Å². The van der Waals surface area contributed by atoms with Crippen molar-refractivity contribution in [2.75, 3.05) is 18.5 Å². The molecule has 3 fully saturated rings. The van der Waals surface area contributed by atoms with Crippen molar-refractivity contribution in [1.29, 1.82) is 0 Å². The molecule has 4 rings (SSSR count). The summed E-state index contributed by atoms with van der Waals surface area (Å²) in [6.45, 7) is 6.02. The number of nitrogens with zero attached hydrogens (tertiary/aromatic N) is 1. The highest BCUT2D eigenvalue weighted by molar-refractivity contribution is 8.02. The number of amides is 3. The van der Waals surface area contributed by atoms with Crippen LogP contribution < -0.4 is 10.6 Å². The van der Waals surface area contributed by atoms with Crippen LogP contribution in [0.2, 0.25) is 0 Å². The second kappa shape index (κ2) is 8.13. The van der Waals surface area contributed by atoms with Gasteiger partial charge in [0.2, 0.25) is 17.7 Å². The Bertz CT molecular complexity index is 871. The molecule has 3 saturated heterocycles. The van der Waals surface area contributed by atoms with Crippen molar-refractivity contribution in [1.82, 2.24) is 10.2 Å². The van der Waals surface area contributed by atoms with E-state index in [4.69, 9.17) is 0 Å². The average Bonchev–Trinajstić information content (AvgIpc) is 3.33. The molecule has 0 aromatic heterocycles. The first kappa shape index (κ1) is 22.1.